The van der Waals surface area contributed by atoms with Gasteiger partial charge in [-0.2, -0.15) is 0 Å². The minimum Gasteiger partial charge on any atom is -0.504 e. The highest BCUT2D eigenvalue weighted by Crippen LogP contribution is 2.42. The van der Waals surface area contributed by atoms with Crippen molar-refractivity contribution in [2.45, 2.75) is 70.1 Å². The summed E-state index contributed by atoms with van der Waals surface area (Å²) in [5.41, 5.74) is 3.96. The lowest BCUT2D eigenvalue weighted by molar-refractivity contribution is -0.911. The molecule has 0 radical (unpaired) electrons. The number of thiocarbonyl (C=S) groups is 1. The number of carbonyl (C=O) groups is 4. The molecule has 21 heteroatoms. The average Bonchev–Trinajstić information content (AvgIpc) is 3.75. The van der Waals surface area contributed by atoms with Crippen molar-refractivity contribution in [3.05, 3.63) is 39.5 Å². The quantitative estimate of drug-likeness (QED) is 0.0224. The van der Waals surface area contributed by atoms with E-state index in [-0.39, 0.29) is 38.1 Å². The molecular formula is C34H44ClN8O9S3+. The molecule has 2 fully saturated rings. The maximum absolute atomic E-state index is 13.7. The summed E-state index contributed by atoms with van der Waals surface area (Å²) < 4.78 is 5.99. The summed E-state index contributed by atoms with van der Waals surface area (Å²) in [6.07, 6.45) is 1.89. The van der Waals surface area contributed by atoms with Gasteiger partial charge in [0.05, 0.1) is 31.9 Å². The molecule has 0 bridgehead atoms. The molecule has 2 saturated heterocycles. The molecule has 17 nitrogen and oxygen atoms in total. The molecule has 3 aliphatic rings. The smallest absolute Gasteiger partial charge is 0.353 e. The van der Waals surface area contributed by atoms with Gasteiger partial charge in [0.15, 0.2) is 27.5 Å². The summed E-state index contributed by atoms with van der Waals surface area (Å²) in [5.74, 6) is -3.91. The van der Waals surface area contributed by atoms with Crippen LogP contribution in [0.4, 0.5) is 10.8 Å². The summed E-state index contributed by atoms with van der Waals surface area (Å²) in [7, 11) is 0. The van der Waals surface area contributed by atoms with Crippen molar-refractivity contribution in [2.75, 3.05) is 49.5 Å². The van der Waals surface area contributed by atoms with E-state index in [9.17, 15) is 34.5 Å². The van der Waals surface area contributed by atoms with Crippen LogP contribution < -0.4 is 21.7 Å². The first-order valence-electron chi connectivity index (χ1n) is 17.2. The molecule has 0 aliphatic carbocycles. The molecule has 0 spiro atoms. The van der Waals surface area contributed by atoms with Gasteiger partial charge in [0.25, 0.3) is 11.8 Å². The number of halogens is 1. The van der Waals surface area contributed by atoms with Crippen LogP contribution in [0.25, 0.3) is 0 Å². The maximum atomic E-state index is 13.7. The van der Waals surface area contributed by atoms with Crippen molar-refractivity contribution in [3.63, 3.8) is 0 Å². The minimum absolute atomic E-state index is 0.0578. The molecule has 4 heterocycles. The van der Waals surface area contributed by atoms with Crippen molar-refractivity contribution in [1.29, 1.82) is 0 Å². The van der Waals surface area contributed by atoms with Crippen LogP contribution in [0.3, 0.4) is 0 Å². The molecule has 1 aromatic carbocycles. The number of benzene rings is 1. The normalized spacial score (nSPS) is 19.6. The van der Waals surface area contributed by atoms with Crippen molar-refractivity contribution in [3.8, 4) is 11.5 Å². The Hall–Kier alpha value is -4.37. The molecule has 298 valence electrons. The van der Waals surface area contributed by atoms with Gasteiger partial charge >= 0.3 is 11.9 Å². The minimum atomic E-state index is -1.60. The number of aromatic hydroxyl groups is 2. The number of nitrogens with two attached hydrogens (primary N) is 1. The third kappa shape index (κ3) is 9.54. The van der Waals surface area contributed by atoms with E-state index in [4.69, 9.17) is 39.1 Å². The van der Waals surface area contributed by atoms with Gasteiger partial charge in [0.1, 0.15) is 40.0 Å². The number of fused-ring (bicyclic) bond motifs is 1. The third-order valence-electron chi connectivity index (χ3n) is 9.03. The lowest BCUT2D eigenvalue weighted by Crippen LogP contribution is -2.71. The highest BCUT2D eigenvalue weighted by molar-refractivity contribution is 8.00. The van der Waals surface area contributed by atoms with Gasteiger partial charge < -0.3 is 51.1 Å². The Labute approximate surface area is 335 Å². The monoisotopic (exact) mass is 839 g/mol. The number of esters is 1. The predicted octanol–water partition coefficient (Wildman–Crippen LogP) is 2.97. The van der Waals surface area contributed by atoms with Crippen LogP contribution in [0.1, 0.15) is 53.2 Å². The molecule has 0 unspecified atom stereocenters. The van der Waals surface area contributed by atoms with Gasteiger partial charge in [-0.3, -0.25) is 14.5 Å². The van der Waals surface area contributed by atoms with Gasteiger partial charge in [0.2, 0.25) is 5.60 Å². The van der Waals surface area contributed by atoms with Crippen LogP contribution in [0.2, 0.25) is 5.02 Å². The van der Waals surface area contributed by atoms with E-state index in [1.165, 1.54) is 48.0 Å². The van der Waals surface area contributed by atoms with E-state index in [0.717, 1.165) is 37.3 Å². The number of hydrogen-bond acceptors (Lipinski definition) is 14. The number of β-lactam (4-membered cyclic amide) rings is 1. The molecule has 8 N–H and O–H groups in total. The zero-order valence-electron chi connectivity index (χ0n) is 30.8. The molecule has 0 saturated carbocycles. The summed E-state index contributed by atoms with van der Waals surface area (Å²) in [6, 6.07) is 1.69. The number of nitrogens with zero attached hydrogens (tertiary/aromatic N) is 4. The number of thiazole rings is 1. The topological polar surface area (TPSA) is 238 Å². The number of rotatable bonds is 13. The summed E-state index contributed by atoms with van der Waals surface area (Å²) in [5, 5.41) is 43.7. The number of aromatic nitrogens is 1. The molecular weight excluding hydrogens is 796 g/mol. The molecule has 1 aromatic heterocycles. The number of hydrogen-bond donors (Lipinski definition) is 7. The van der Waals surface area contributed by atoms with E-state index in [2.05, 4.69) is 26.1 Å². The lowest BCUT2D eigenvalue weighted by atomic mass is 10.0. The van der Waals surface area contributed by atoms with Gasteiger partial charge in [0, 0.05) is 29.5 Å². The number of thioether (sulfide) groups is 1. The Kier molecular flexibility index (Phi) is 12.5. The Balaban J connectivity index is 1.27. The zero-order valence-corrected chi connectivity index (χ0v) is 34.0. The van der Waals surface area contributed by atoms with E-state index >= 15 is 0 Å². The fourth-order valence-corrected chi connectivity index (χ4v) is 8.61. The van der Waals surface area contributed by atoms with E-state index in [1.54, 1.807) is 20.8 Å². The summed E-state index contributed by atoms with van der Waals surface area (Å²) >= 11 is 13.9. The van der Waals surface area contributed by atoms with Crippen LogP contribution in [0.15, 0.2) is 33.9 Å². The first-order valence-corrected chi connectivity index (χ1v) is 20.0. The number of ether oxygens (including phenoxy) is 1. The molecule has 2 atom stereocenters. The molecule has 55 heavy (non-hydrogen) atoms. The molecule has 3 aliphatic heterocycles. The van der Waals surface area contributed by atoms with E-state index in [0.29, 0.717) is 41.1 Å². The zero-order chi connectivity index (χ0) is 40.5. The van der Waals surface area contributed by atoms with Crippen LogP contribution in [0.5, 0.6) is 11.5 Å². The second-order valence-corrected chi connectivity index (χ2v) is 17.6. The highest BCUT2D eigenvalue weighted by Gasteiger charge is 2.55. The number of phenolic OH excluding ortho intramolecular Hbond substituents is 2. The number of likely N-dealkylation sites (tertiary alicyclic amines) is 1. The van der Waals surface area contributed by atoms with Gasteiger partial charge in [-0.1, -0.05) is 16.8 Å². The van der Waals surface area contributed by atoms with E-state index in [1.807, 2.05) is 0 Å². The summed E-state index contributed by atoms with van der Waals surface area (Å²) in [6.45, 7) is 11.0. The number of aliphatic carboxylic acids is 1. The number of carboxylic acids is 1. The highest BCUT2D eigenvalue weighted by atomic mass is 35.5. The van der Waals surface area contributed by atoms with Gasteiger partial charge in [-0.25, -0.2) is 14.6 Å². The number of nitrogen functional groups attached to an aromatic ring is 1. The first-order chi connectivity index (χ1) is 25.7. The second kappa shape index (κ2) is 16.4. The van der Waals surface area contributed by atoms with Crippen LogP contribution in [0, 0.1) is 0 Å². The number of nitrogens with one attached hydrogen (secondary N) is 3. The Morgan fingerprint density at radius 2 is 1.87 bits per heavy atom. The van der Waals surface area contributed by atoms with Gasteiger partial charge in [-0.15, -0.1) is 23.1 Å². The fraction of sp³-hybridized carbons (Fsp3) is 0.500. The van der Waals surface area contributed by atoms with E-state index < -0.39 is 52.1 Å². The van der Waals surface area contributed by atoms with Crippen molar-refractivity contribution in [2.24, 2.45) is 5.16 Å². The van der Waals surface area contributed by atoms with Crippen LogP contribution in [-0.2, 0) is 28.8 Å². The predicted molar refractivity (Wildman–Crippen MR) is 212 cm³/mol. The molecule has 2 aromatic rings. The number of carboxylic acid groups (broad SMARTS) is 1. The second-order valence-electron chi connectivity index (χ2n) is 14.8. The largest absolute Gasteiger partial charge is 0.504 e. The maximum Gasteiger partial charge on any atom is 0.353 e. The number of quaternary nitrogens is 1. The number of amides is 2. The number of anilines is 2. The Morgan fingerprint density at radius 3 is 2.49 bits per heavy atom. The van der Waals surface area contributed by atoms with Crippen LogP contribution >= 0.6 is 46.9 Å². The molecule has 5 rings (SSSR count). The number of phenols is 2. The average molecular weight is 840 g/mol. The van der Waals surface area contributed by atoms with Crippen LogP contribution in [-0.4, -0.2) is 125 Å². The SMILES string of the molecule is CC(C)(C)OC(=O)C(C)(C)O/N=C(\C(=O)N[C@@H]1C(=O)N2C(C(=O)O)=C(C[N+]3(CCNC(=S)Nc4ccc(O)c(O)c4Cl)CCCC3)CS[C@H]12)c1csc(N)n1. The number of carbonyl (C=O) groups excluding carboxylic acids is 3. The third-order valence-corrected chi connectivity index (χ3v) is 11.7. The lowest BCUT2D eigenvalue weighted by Gasteiger charge is -2.50. The number of oxime groups is 1. The molecule has 2 amide bonds. The van der Waals surface area contributed by atoms with Crippen molar-refractivity contribution >= 4 is 92.3 Å². The van der Waals surface area contributed by atoms with Crippen molar-refractivity contribution in [1.82, 2.24) is 20.5 Å². The standard InChI is InChI=1S/C34H43ClN8O9S3/c1-33(2,3)51-30(50)34(4,5)52-41-22(19-16-55-31(36)38-19)26(46)40-23-27(47)42-24(29(48)49)17(15-54-28(23)42)14-43(11-6-7-12-43)13-10-37-32(53)39-18-8-9-20(44)25(45)21(18)35/h8-9,16,23,28H,6-7,10-15H2,1-5H3,(H7-,36,37,38,39,40,41,44,45,46,48,49,53)/p+1/t23-,28-/m1/s1. The Bertz CT molecular complexity index is 1940. The van der Waals surface area contributed by atoms with Gasteiger partial charge in [-0.05, 0) is 59.0 Å². The Morgan fingerprint density at radius 1 is 1.18 bits per heavy atom. The fourth-order valence-electron chi connectivity index (χ4n) is 6.31. The summed E-state index contributed by atoms with van der Waals surface area (Å²) in [4.78, 5) is 63.7. The first kappa shape index (κ1) is 41.8. The van der Waals surface area contributed by atoms with Crippen molar-refractivity contribution < 1.29 is 48.6 Å².